The van der Waals surface area contributed by atoms with E-state index in [4.69, 9.17) is 4.74 Å². The summed E-state index contributed by atoms with van der Waals surface area (Å²) in [6.07, 6.45) is 0. The summed E-state index contributed by atoms with van der Waals surface area (Å²) in [4.78, 5) is 0. The molecule has 72 valence electrons. The SMILES string of the molecule is OC1(C#Cc2ccc(Br)cc2)COC1. The fourth-order valence-electron chi connectivity index (χ4n) is 1.09. The van der Waals surface area contributed by atoms with Crippen molar-refractivity contribution in [2.75, 3.05) is 13.2 Å². The van der Waals surface area contributed by atoms with Crippen LogP contribution in [-0.2, 0) is 4.74 Å². The molecule has 0 amide bonds. The number of rotatable bonds is 0. The van der Waals surface area contributed by atoms with E-state index in [1.807, 2.05) is 24.3 Å². The summed E-state index contributed by atoms with van der Waals surface area (Å²) in [6, 6.07) is 7.65. The Labute approximate surface area is 91.0 Å². The Morgan fingerprint density at radius 3 is 2.43 bits per heavy atom. The minimum absolute atomic E-state index is 0.316. The number of benzene rings is 1. The van der Waals surface area contributed by atoms with Gasteiger partial charge in [0.1, 0.15) is 0 Å². The van der Waals surface area contributed by atoms with Crippen LogP contribution in [0.2, 0.25) is 0 Å². The van der Waals surface area contributed by atoms with Crippen LogP contribution in [0.3, 0.4) is 0 Å². The molecular formula is C11H9BrO2. The quantitative estimate of drug-likeness (QED) is 0.711. The van der Waals surface area contributed by atoms with Crippen LogP contribution in [0, 0.1) is 11.8 Å². The Balaban J connectivity index is 2.13. The zero-order chi connectivity index (χ0) is 10.0. The molecule has 0 unspecified atom stereocenters. The smallest absolute Gasteiger partial charge is 0.172 e. The monoisotopic (exact) mass is 252 g/mol. The van der Waals surface area contributed by atoms with Crippen LogP contribution in [0.5, 0.6) is 0 Å². The zero-order valence-electron chi connectivity index (χ0n) is 7.46. The predicted octanol–water partition coefficient (Wildman–Crippen LogP) is 1.56. The minimum Gasteiger partial charge on any atom is -0.373 e. The van der Waals surface area contributed by atoms with Gasteiger partial charge in [0, 0.05) is 10.0 Å². The van der Waals surface area contributed by atoms with Crippen molar-refractivity contribution < 1.29 is 9.84 Å². The molecule has 1 aromatic rings. The predicted molar refractivity (Wildman–Crippen MR) is 56.8 cm³/mol. The van der Waals surface area contributed by atoms with E-state index in [1.165, 1.54) is 0 Å². The third-order valence-electron chi connectivity index (χ3n) is 1.97. The van der Waals surface area contributed by atoms with Gasteiger partial charge in [-0.15, -0.1) is 0 Å². The average molecular weight is 253 g/mol. The zero-order valence-corrected chi connectivity index (χ0v) is 9.04. The van der Waals surface area contributed by atoms with Crippen molar-refractivity contribution in [2.24, 2.45) is 0 Å². The molecule has 0 aromatic heterocycles. The van der Waals surface area contributed by atoms with Gasteiger partial charge in [-0.25, -0.2) is 0 Å². The van der Waals surface area contributed by atoms with Crippen molar-refractivity contribution in [3.8, 4) is 11.8 Å². The fraction of sp³-hybridized carbons (Fsp3) is 0.273. The van der Waals surface area contributed by atoms with E-state index < -0.39 is 5.60 Å². The van der Waals surface area contributed by atoms with Crippen LogP contribution in [0.25, 0.3) is 0 Å². The van der Waals surface area contributed by atoms with Crippen molar-refractivity contribution in [1.29, 1.82) is 0 Å². The minimum atomic E-state index is -0.924. The van der Waals surface area contributed by atoms with Crippen molar-refractivity contribution >= 4 is 15.9 Å². The van der Waals surface area contributed by atoms with Gasteiger partial charge in [-0.1, -0.05) is 27.8 Å². The molecule has 1 aromatic carbocycles. The average Bonchev–Trinajstić information content (AvgIpc) is 2.14. The molecule has 14 heavy (non-hydrogen) atoms. The third kappa shape index (κ3) is 2.16. The van der Waals surface area contributed by atoms with Gasteiger partial charge in [-0.3, -0.25) is 0 Å². The maximum absolute atomic E-state index is 9.62. The number of hydrogen-bond donors (Lipinski definition) is 1. The van der Waals surface area contributed by atoms with Crippen molar-refractivity contribution in [3.63, 3.8) is 0 Å². The number of ether oxygens (including phenoxy) is 1. The van der Waals surface area contributed by atoms with Gasteiger partial charge < -0.3 is 9.84 Å². The molecule has 1 heterocycles. The highest BCUT2D eigenvalue weighted by atomic mass is 79.9. The first kappa shape index (κ1) is 9.72. The topological polar surface area (TPSA) is 29.5 Å². The number of halogens is 1. The van der Waals surface area contributed by atoms with E-state index in [9.17, 15) is 5.11 Å². The van der Waals surface area contributed by atoms with Crippen LogP contribution in [-0.4, -0.2) is 23.9 Å². The van der Waals surface area contributed by atoms with Crippen LogP contribution in [0.15, 0.2) is 28.7 Å². The van der Waals surface area contributed by atoms with Gasteiger partial charge >= 0.3 is 0 Å². The summed E-state index contributed by atoms with van der Waals surface area (Å²) in [7, 11) is 0. The van der Waals surface area contributed by atoms with Crippen LogP contribution >= 0.6 is 15.9 Å². The molecule has 0 radical (unpaired) electrons. The van der Waals surface area contributed by atoms with E-state index in [2.05, 4.69) is 27.8 Å². The lowest BCUT2D eigenvalue weighted by atomic mass is 10.0. The molecule has 3 heteroatoms. The third-order valence-corrected chi connectivity index (χ3v) is 2.49. The Hall–Kier alpha value is -0.820. The maximum Gasteiger partial charge on any atom is 0.172 e. The van der Waals surface area contributed by atoms with Gasteiger partial charge in [0.15, 0.2) is 5.60 Å². The number of hydrogen-bond acceptors (Lipinski definition) is 2. The summed E-state index contributed by atoms with van der Waals surface area (Å²) in [5, 5.41) is 9.62. The second-order valence-electron chi connectivity index (χ2n) is 3.28. The first-order valence-corrected chi connectivity index (χ1v) is 5.06. The second kappa shape index (κ2) is 3.74. The lowest BCUT2D eigenvalue weighted by Gasteiger charge is -2.30. The van der Waals surface area contributed by atoms with Crippen molar-refractivity contribution in [2.45, 2.75) is 5.60 Å². The molecule has 0 bridgehead atoms. The number of aliphatic hydroxyl groups is 1. The molecule has 1 saturated heterocycles. The molecule has 0 atom stereocenters. The maximum atomic E-state index is 9.62. The standard InChI is InChI=1S/C11H9BrO2/c12-10-3-1-9(2-4-10)5-6-11(13)7-14-8-11/h1-4,13H,7-8H2. The highest BCUT2D eigenvalue weighted by Crippen LogP contribution is 2.15. The largest absolute Gasteiger partial charge is 0.373 e. The summed E-state index contributed by atoms with van der Waals surface area (Å²) in [5.41, 5.74) is -0.0268. The van der Waals surface area contributed by atoms with E-state index in [0.29, 0.717) is 13.2 Å². The molecule has 2 rings (SSSR count). The molecule has 2 nitrogen and oxygen atoms in total. The Morgan fingerprint density at radius 2 is 1.93 bits per heavy atom. The molecule has 1 N–H and O–H groups in total. The van der Waals surface area contributed by atoms with E-state index >= 15 is 0 Å². The van der Waals surface area contributed by atoms with E-state index in [-0.39, 0.29) is 0 Å². The van der Waals surface area contributed by atoms with Gasteiger partial charge in [0.25, 0.3) is 0 Å². The van der Waals surface area contributed by atoms with Gasteiger partial charge in [-0.05, 0) is 24.3 Å². The summed E-state index contributed by atoms with van der Waals surface area (Å²) < 4.78 is 5.91. The molecule has 0 saturated carbocycles. The van der Waals surface area contributed by atoms with E-state index in [1.54, 1.807) is 0 Å². The van der Waals surface area contributed by atoms with Gasteiger partial charge in [0.2, 0.25) is 0 Å². The van der Waals surface area contributed by atoms with Crippen molar-refractivity contribution in [1.82, 2.24) is 0 Å². The molecule has 0 spiro atoms. The van der Waals surface area contributed by atoms with Crippen LogP contribution in [0.1, 0.15) is 5.56 Å². The lowest BCUT2D eigenvalue weighted by molar-refractivity contribution is -0.140. The van der Waals surface area contributed by atoms with Gasteiger partial charge in [-0.2, -0.15) is 0 Å². The second-order valence-corrected chi connectivity index (χ2v) is 4.20. The lowest BCUT2D eigenvalue weighted by Crippen LogP contribution is -2.48. The first-order valence-electron chi connectivity index (χ1n) is 4.27. The van der Waals surface area contributed by atoms with E-state index in [0.717, 1.165) is 10.0 Å². The molecular weight excluding hydrogens is 244 g/mol. The normalized spacial score (nSPS) is 17.9. The van der Waals surface area contributed by atoms with Gasteiger partial charge in [0.05, 0.1) is 13.2 Å². The highest BCUT2D eigenvalue weighted by molar-refractivity contribution is 9.10. The summed E-state index contributed by atoms with van der Waals surface area (Å²) in [5.74, 6) is 5.71. The van der Waals surface area contributed by atoms with Crippen molar-refractivity contribution in [3.05, 3.63) is 34.3 Å². The molecule has 0 aliphatic carbocycles. The first-order chi connectivity index (χ1) is 6.68. The summed E-state index contributed by atoms with van der Waals surface area (Å²) in [6.45, 7) is 0.632. The molecule has 1 aliphatic heterocycles. The Morgan fingerprint density at radius 1 is 1.29 bits per heavy atom. The Kier molecular flexibility index (Phi) is 2.60. The van der Waals surface area contributed by atoms with Crippen LogP contribution < -0.4 is 0 Å². The Bertz CT molecular complexity index is 382. The fourth-order valence-corrected chi connectivity index (χ4v) is 1.35. The molecule has 1 aliphatic rings. The van der Waals surface area contributed by atoms with Crippen LogP contribution in [0.4, 0.5) is 0 Å². The highest BCUT2D eigenvalue weighted by Gasteiger charge is 2.33. The molecule has 1 fully saturated rings. The summed E-state index contributed by atoms with van der Waals surface area (Å²) >= 11 is 3.34.